The van der Waals surface area contributed by atoms with E-state index < -0.39 is 11.7 Å². The molecule has 0 saturated carbocycles. The van der Waals surface area contributed by atoms with E-state index in [1.165, 1.54) is 12.1 Å². The van der Waals surface area contributed by atoms with Crippen molar-refractivity contribution in [3.8, 4) is 0 Å². The molecule has 0 heterocycles. The van der Waals surface area contributed by atoms with Gasteiger partial charge in [-0.1, -0.05) is 0 Å². The molecular formula is C12H18F3N3. The van der Waals surface area contributed by atoms with Gasteiger partial charge in [-0.15, -0.1) is 0 Å². The quantitative estimate of drug-likeness (QED) is 0.766. The van der Waals surface area contributed by atoms with E-state index in [1.807, 2.05) is 11.9 Å². The first kappa shape index (κ1) is 14.8. The number of alkyl halides is 3. The van der Waals surface area contributed by atoms with Crippen LogP contribution in [0.4, 0.5) is 18.9 Å². The molecule has 0 fully saturated rings. The van der Waals surface area contributed by atoms with E-state index in [1.54, 1.807) is 0 Å². The molecule has 0 unspecified atom stereocenters. The van der Waals surface area contributed by atoms with Gasteiger partial charge in [0.25, 0.3) is 0 Å². The molecule has 0 aliphatic heterocycles. The molecule has 0 aliphatic carbocycles. The Labute approximate surface area is 105 Å². The second kappa shape index (κ2) is 6.61. The van der Waals surface area contributed by atoms with Gasteiger partial charge < -0.3 is 16.0 Å². The molecule has 1 aromatic carbocycles. The predicted molar refractivity (Wildman–Crippen MR) is 66.6 cm³/mol. The molecule has 0 aromatic heterocycles. The Bertz CT molecular complexity index is 349. The Balaban J connectivity index is 2.51. The highest BCUT2D eigenvalue weighted by Crippen LogP contribution is 2.30. The first-order valence-electron chi connectivity index (χ1n) is 5.74. The highest BCUT2D eigenvalue weighted by Gasteiger charge is 2.29. The fourth-order valence-electron chi connectivity index (χ4n) is 1.51. The van der Waals surface area contributed by atoms with Crippen LogP contribution < -0.4 is 16.0 Å². The lowest BCUT2D eigenvalue weighted by Gasteiger charge is -2.20. The van der Waals surface area contributed by atoms with E-state index in [9.17, 15) is 13.2 Å². The van der Waals surface area contributed by atoms with E-state index in [0.717, 1.165) is 30.9 Å². The van der Waals surface area contributed by atoms with Crippen molar-refractivity contribution in [2.75, 3.05) is 38.1 Å². The third-order valence-electron chi connectivity index (χ3n) is 2.58. The first-order chi connectivity index (χ1) is 8.45. The van der Waals surface area contributed by atoms with E-state index in [4.69, 9.17) is 5.73 Å². The number of halogens is 3. The zero-order valence-corrected chi connectivity index (χ0v) is 10.3. The SMILES string of the molecule is CN(CCNCCN)c1ccc(C(F)(F)F)cc1. The maximum Gasteiger partial charge on any atom is 0.416 e. The minimum absolute atomic E-state index is 0.573. The number of anilines is 1. The second-order valence-electron chi connectivity index (χ2n) is 4.00. The molecule has 0 atom stereocenters. The number of benzene rings is 1. The largest absolute Gasteiger partial charge is 0.416 e. The van der Waals surface area contributed by atoms with E-state index in [-0.39, 0.29) is 0 Å². The predicted octanol–water partition coefficient (Wildman–Crippen LogP) is 1.69. The van der Waals surface area contributed by atoms with Gasteiger partial charge in [-0.05, 0) is 24.3 Å². The van der Waals surface area contributed by atoms with Gasteiger partial charge in [-0.25, -0.2) is 0 Å². The standard InChI is InChI=1S/C12H18F3N3/c1-18(9-8-17-7-6-16)11-4-2-10(3-5-11)12(13,14)15/h2-5,17H,6-9,16H2,1H3. The fourth-order valence-corrected chi connectivity index (χ4v) is 1.51. The van der Waals surface area contributed by atoms with Crippen LogP contribution >= 0.6 is 0 Å². The highest BCUT2D eigenvalue weighted by molar-refractivity contribution is 5.47. The van der Waals surface area contributed by atoms with Gasteiger partial charge in [-0.2, -0.15) is 13.2 Å². The summed E-state index contributed by atoms with van der Waals surface area (Å²) in [6.07, 6.45) is -4.28. The van der Waals surface area contributed by atoms with Crippen LogP contribution in [0.5, 0.6) is 0 Å². The molecule has 0 spiro atoms. The molecule has 102 valence electrons. The zero-order chi connectivity index (χ0) is 13.6. The van der Waals surface area contributed by atoms with Gasteiger partial charge in [0.1, 0.15) is 0 Å². The molecule has 0 aliphatic rings. The van der Waals surface area contributed by atoms with Gasteiger partial charge >= 0.3 is 6.18 Å². The van der Waals surface area contributed by atoms with E-state index in [0.29, 0.717) is 13.1 Å². The normalized spacial score (nSPS) is 11.6. The number of nitrogens with zero attached hydrogens (tertiary/aromatic N) is 1. The summed E-state index contributed by atoms with van der Waals surface area (Å²) in [4.78, 5) is 1.89. The minimum atomic E-state index is -4.28. The monoisotopic (exact) mass is 261 g/mol. The molecule has 0 bridgehead atoms. The molecule has 1 aromatic rings. The lowest BCUT2D eigenvalue weighted by atomic mass is 10.2. The van der Waals surface area contributed by atoms with Gasteiger partial charge in [0.15, 0.2) is 0 Å². The van der Waals surface area contributed by atoms with Crippen LogP contribution in [0, 0.1) is 0 Å². The summed E-state index contributed by atoms with van der Waals surface area (Å²) in [6, 6.07) is 5.15. The molecule has 3 nitrogen and oxygen atoms in total. The van der Waals surface area contributed by atoms with Crippen molar-refractivity contribution < 1.29 is 13.2 Å². The summed E-state index contributed by atoms with van der Waals surface area (Å²) in [5, 5.41) is 3.12. The van der Waals surface area contributed by atoms with Crippen LogP contribution in [-0.4, -0.2) is 33.2 Å². The Morgan fingerprint density at radius 2 is 1.78 bits per heavy atom. The molecule has 0 amide bonds. The maximum atomic E-state index is 12.4. The van der Waals surface area contributed by atoms with Gasteiger partial charge in [0.2, 0.25) is 0 Å². The molecule has 6 heteroatoms. The van der Waals surface area contributed by atoms with Gasteiger partial charge in [-0.3, -0.25) is 0 Å². The second-order valence-corrected chi connectivity index (χ2v) is 4.00. The Morgan fingerprint density at radius 3 is 2.28 bits per heavy atom. The van der Waals surface area contributed by atoms with Gasteiger partial charge in [0, 0.05) is 38.9 Å². The van der Waals surface area contributed by atoms with Crippen molar-refractivity contribution in [2.24, 2.45) is 5.73 Å². The summed E-state index contributed by atoms with van der Waals surface area (Å²) >= 11 is 0. The number of hydrogen-bond donors (Lipinski definition) is 2. The van der Waals surface area contributed by atoms with Crippen LogP contribution in [0.1, 0.15) is 5.56 Å². The van der Waals surface area contributed by atoms with Crippen molar-refractivity contribution in [1.82, 2.24) is 5.32 Å². The maximum absolute atomic E-state index is 12.4. The number of nitrogens with one attached hydrogen (secondary N) is 1. The third-order valence-corrected chi connectivity index (χ3v) is 2.58. The third kappa shape index (κ3) is 4.54. The summed E-state index contributed by atoms with van der Waals surface area (Å²) in [5.74, 6) is 0. The van der Waals surface area contributed by atoms with Crippen molar-refractivity contribution in [3.63, 3.8) is 0 Å². The Morgan fingerprint density at radius 1 is 1.17 bits per heavy atom. The Kier molecular flexibility index (Phi) is 5.43. The highest BCUT2D eigenvalue weighted by atomic mass is 19.4. The smallest absolute Gasteiger partial charge is 0.373 e. The lowest BCUT2D eigenvalue weighted by Crippen LogP contribution is -2.31. The number of likely N-dealkylation sites (N-methyl/N-ethyl adjacent to an activating group) is 1. The summed E-state index contributed by atoms with van der Waals surface area (Å²) in [6.45, 7) is 2.77. The summed E-state index contributed by atoms with van der Waals surface area (Å²) < 4.78 is 37.1. The average molecular weight is 261 g/mol. The van der Waals surface area contributed by atoms with Crippen molar-refractivity contribution in [3.05, 3.63) is 29.8 Å². The molecule has 1 rings (SSSR count). The summed E-state index contributed by atoms with van der Waals surface area (Å²) in [5.41, 5.74) is 5.47. The average Bonchev–Trinajstić information content (AvgIpc) is 2.33. The molecule has 3 N–H and O–H groups in total. The van der Waals surface area contributed by atoms with E-state index in [2.05, 4.69) is 5.32 Å². The van der Waals surface area contributed by atoms with Crippen LogP contribution in [0.3, 0.4) is 0 Å². The number of hydrogen-bond acceptors (Lipinski definition) is 3. The summed E-state index contributed by atoms with van der Waals surface area (Å²) in [7, 11) is 1.84. The molecule has 18 heavy (non-hydrogen) atoms. The van der Waals surface area contributed by atoms with Crippen LogP contribution in [0.15, 0.2) is 24.3 Å². The zero-order valence-electron chi connectivity index (χ0n) is 10.3. The molecule has 0 radical (unpaired) electrons. The topological polar surface area (TPSA) is 41.3 Å². The van der Waals surface area contributed by atoms with Crippen molar-refractivity contribution in [2.45, 2.75) is 6.18 Å². The van der Waals surface area contributed by atoms with Gasteiger partial charge in [0.05, 0.1) is 5.56 Å². The van der Waals surface area contributed by atoms with Crippen molar-refractivity contribution in [1.29, 1.82) is 0 Å². The number of rotatable bonds is 6. The number of nitrogens with two attached hydrogens (primary N) is 1. The molecule has 0 saturated heterocycles. The van der Waals surface area contributed by atoms with Crippen LogP contribution in [-0.2, 0) is 6.18 Å². The first-order valence-corrected chi connectivity index (χ1v) is 5.74. The van der Waals surface area contributed by atoms with Crippen LogP contribution in [0.25, 0.3) is 0 Å². The van der Waals surface area contributed by atoms with Crippen molar-refractivity contribution >= 4 is 5.69 Å². The fraction of sp³-hybridized carbons (Fsp3) is 0.500. The lowest BCUT2D eigenvalue weighted by molar-refractivity contribution is -0.137. The Hall–Kier alpha value is -1.27. The minimum Gasteiger partial charge on any atom is -0.373 e. The van der Waals surface area contributed by atoms with E-state index >= 15 is 0 Å². The molecular weight excluding hydrogens is 243 g/mol. The van der Waals surface area contributed by atoms with Crippen LogP contribution in [0.2, 0.25) is 0 Å².